The summed E-state index contributed by atoms with van der Waals surface area (Å²) >= 11 is 6.24. The number of rotatable bonds is 14. The first kappa shape index (κ1) is 32.1. The molecule has 220 valence electrons. The molecule has 3 rings (SSSR count). The lowest BCUT2D eigenvalue weighted by Gasteiger charge is -2.32. The molecule has 2 amide bonds. The maximum Gasteiger partial charge on any atom is 0.243 e. The molecule has 0 aromatic heterocycles. The molecule has 0 heterocycles. The molecule has 0 fully saturated rings. The fourth-order valence-corrected chi connectivity index (χ4v) is 5.76. The van der Waals surface area contributed by atoms with Crippen LogP contribution in [-0.2, 0) is 32.6 Å². The van der Waals surface area contributed by atoms with Crippen LogP contribution in [0, 0.1) is 12.7 Å². The standard InChI is InChI=1S/C31H37ClFN3O4S/c1-4-19-34-31(38)29(21-24-12-6-5-7-13-24)35(22-25-14-8-9-16-27(25)33)30(37)18-11-20-36(41(3,39)40)28-17-10-15-26(32)23(28)2/h5-10,12-17,29H,4,11,18-22H2,1-3H3,(H,34,38)/t29-/m1/s1. The fourth-order valence-electron chi connectivity index (χ4n) is 4.58. The molecule has 1 atom stereocenters. The van der Waals surface area contributed by atoms with E-state index >= 15 is 0 Å². The van der Waals surface area contributed by atoms with Crippen LogP contribution in [0.4, 0.5) is 10.1 Å². The zero-order valence-electron chi connectivity index (χ0n) is 23.6. The zero-order valence-corrected chi connectivity index (χ0v) is 25.2. The van der Waals surface area contributed by atoms with E-state index in [0.717, 1.165) is 18.2 Å². The van der Waals surface area contributed by atoms with Gasteiger partial charge in [0, 0.05) is 43.1 Å². The minimum atomic E-state index is -3.67. The smallest absolute Gasteiger partial charge is 0.243 e. The summed E-state index contributed by atoms with van der Waals surface area (Å²) in [5.74, 6) is -1.18. The average molecular weight is 602 g/mol. The predicted octanol–water partition coefficient (Wildman–Crippen LogP) is 5.50. The number of carbonyl (C=O) groups is 2. The van der Waals surface area contributed by atoms with Gasteiger partial charge >= 0.3 is 0 Å². The summed E-state index contributed by atoms with van der Waals surface area (Å²) < 4.78 is 41.3. The van der Waals surface area contributed by atoms with E-state index < -0.39 is 21.9 Å². The Balaban J connectivity index is 1.90. The Morgan fingerprint density at radius 2 is 1.68 bits per heavy atom. The van der Waals surface area contributed by atoms with Crippen LogP contribution in [0.1, 0.15) is 42.9 Å². The van der Waals surface area contributed by atoms with Gasteiger partial charge in [-0.25, -0.2) is 12.8 Å². The van der Waals surface area contributed by atoms with Gasteiger partial charge in [0.1, 0.15) is 11.9 Å². The topological polar surface area (TPSA) is 86.8 Å². The Kier molecular flexibility index (Phi) is 11.7. The molecule has 10 heteroatoms. The Labute approximate surface area is 247 Å². The average Bonchev–Trinajstić information content (AvgIpc) is 2.94. The fraction of sp³-hybridized carbons (Fsp3) is 0.355. The van der Waals surface area contributed by atoms with Crippen molar-refractivity contribution in [3.05, 3.63) is 100 Å². The van der Waals surface area contributed by atoms with Crippen LogP contribution >= 0.6 is 11.6 Å². The Bertz CT molecular complexity index is 1440. The summed E-state index contributed by atoms with van der Waals surface area (Å²) in [5.41, 5.74) is 2.20. The van der Waals surface area contributed by atoms with Crippen LogP contribution in [0.2, 0.25) is 5.02 Å². The van der Waals surface area contributed by atoms with Crippen LogP contribution in [0.25, 0.3) is 0 Å². The van der Waals surface area contributed by atoms with Gasteiger partial charge in [0.05, 0.1) is 11.9 Å². The quantitative estimate of drug-likeness (QED) is 0.264. The Morgan fingerprint density at radius 1 is 1.00 bits per heavy atom. The molecule has 0 aliphatic carbocycles. The van der Waals surface area contributed by atoms with Gasteiger partial charge in [0.2, 0.25) is 21.8 Å². The van der Waals surface area contributed by atoms with E-state index in [0.29, 0.717) is 22.8 Å². The van der Waals surface area contributed by atoms with Crippen molar-refractivity contribution in [3.63, 3.8) is 0 Å². The van der Waals surface area contributed by atoms with Crippen LogP contribution in [0.5, 0.6) is 0 Å². The lowest BCUT2D eigenvalue weighted by molar-refractivity contribution is -0.141. The number of amides is 2. The maximum absolute atomic E-state index is 14.7. The summed E-state index contributed by atoms with van der Waals surface area (Å²) in [5, 5.41) is 3.32. The molecule has 41 heavy (non-hydrogen) atoms. The third-order valence-corrected chi connectivity index (χ3v) is 8.37. The van der Waals surface area contributed by atoms with Crippen molar-refractivity contribution in [1.82, 2.24) is 10.2 Å². The number of halogens is 2. The lowest BCUT2D eigenvalue weighted by Crippen LogP contribution is -2.50. The molecule has 0 unspecified atom stereocenters. The van der Waals surface area contributed by atoms with Gasteiger partial charge in [-0.1, -0.05) is 73.1 Å². The Hall–Kier alpha value is -3.43. The number of hydrogen-bond donors (Lipinski definition) is 1. The van der Waals surface area contributed by atoms with Crippen molar-refractivity contribution in [2.75, 3.05) is 23.7 Å². The summed E-state index contributed by atoms with van der Waals surface area (Å²) in [6.45, 7) is 4.04. The van der Waals surface area contributed by atoms with E-state index in [9.17, 15) is 22.4 Å². The van der Waals surface area contributed by atoms with Gasteiger partial charge in [-0.15, -0.1) is 0 Å². The highest BCUT2D eigenvalue weighted by Crippen LogP contribution is 2.28. The summed E-state index contributed by atoms with van der Waals surface area (Å²) in [7, 11) is -3.67. The molecule has 3 aromatic carbocycles. The first-order valence-corrected chi connectivity index (χ1v) is 15.8. The number of anilines is 1. The molecule has 0 aliphatic heterocycles. The van der Waals surface area contributed by atoms with Gasteiger partial charge in [-0.05, 0) is 49.1 Å². The van der Waals surface area contributed by atoms with Crippen molar-refractivity contribution in [2.45, 2.75) is 52.1 Å². The molecule has 0 saturated carbocycles. The molecule has 0 radical (unpaired) electrons. The van der Waals surface area contributed by atoms with Crippen LogP contribution in [-0.4, -0.2) is 50.5 Å². The van der Waals surface area contributed by atoms with Crippen LogP contribution in [0.15, 0.2) is 72.8 Å². The monoisotopic (exact) mass is 601 g/mol. The summed E-state index contributed by atoms with van der Waals surface area (Å²) in [6, 6.07) is 19.6. The molecular formula is C31H37ClFN3O4S. The van der Waals surface area contributed by atoms with Crippen molar-refractivity contribution in [1.29, 1.82) is 0 Å². The second-order valence-electron chi connectivity index (χ2n) is 9.93. The van der Waals surface area contributed by atoms with Crippen molar-refractivity contribution >= 4 is 39.1 Å². The summed E-state index contributed by atoms with van der Waals surface area (Å²) in [4.78, 5) is 28.6. The molecule has 3 aromatic rings. The second-order valence-corrected chi connectivity index (χ2v) is 12.2. The van der Waals surface area contributed by atoms with Crippen molar-refractivity contribution < 1.29 is 22.4 Å². The highest BCUT2D eigenvalue weighted by atomic mass is 35.5. The van der Waals surface area contributed by atoms with E-state index in [1.54, 1.807) is 43.3 Å². The molecule has 1 N–H and O–H groups in total. The lowest BCUT2D eigenvalue weighted by atomic mass is 10.0. The molecule has 0 saturated heterocycles. The molecule has 0 spiro atoms. The van der Waals surface area contributed by atoms with E-state index in [1.807, 2.05) is 37.3 Å². The van der Waals surface area contributed by atoms with Crippen LogP contribution in [0.3, 0.4) is 0 Å². The molecule has 0 bridgehead atoms. The van der Waals surface area contributed by atoms with E-state index in [1.165, 1.54) is 15.3 Å². The van der Waals surface area contributed by atoms with E-state index in [-0.39, 0.29) is 49.7 Å². The number of nitrogens with zero attached hydrogens (tertiary/aromatic N) is 2. The minimum Gasteiger partial charge on any atom is -0.354 e. The summed E-state index contributed by atoms with van der Waals surface area (Å²) in [6.07, 6.45) is 2.20. The molecule has 0 aliphatic rings. The number of benzene rings is 3. The zero-order chi connectivity index (χ0) is 30.0. The Morgan fingerprint density at radius 3 is 2.34 bits per heavy atom. The minimum absolute atomic E-state index is 0.0324. The highest BCUT2D eigenvalue weighted by Gasteiger charge is 2.31. The van der Waals surface area contributed by atoms with Crippen LogP contribution < -0.4 is 9.62 Å². The van der Waals surface area contributed by atoms with Gasteiger partial charge in [0.25, 0.3) is 0 Å². The first-order valence-electron chi connectivity index (χ1n) is 13.6. The molecular weight excluding hydrogens is 565 g/mol. The third-order valence-electron chi connectivity index (χ3n) is 6.78. The van der Waals surface area contributed by atoms with Gasteiger partial charge in [-0.3, -0.25) is 13.9 Å². The number of sulfonamides is 1. The number of nitrogens with one attached hydrogen (secondary N) is 1. The van der Waals surface area contributed by atoms with Crippen molar-refractivity contribution in [2.24, 2.45) is 0 Å². The highest BCUT2D eigenvalue weighted by molar-refractivity contribution is 7.92. The number of hydrogen-bond acceptors (Lipinski definition) is 4. The second kappa shape index (κ2) is 15.0. The van der Waals surface area contributed by atoms with Gasteiger partial charge < -0.3 is 10.2 Å². The maximum atomic E-state index is 14.7. The van der Waals surface area contributed by atoms with Crippen molar-refractivity contribution in [3.8, 4) is 0 Å². The normalized spacial score (nSPS) is 12.0. The third kappa shape index (κ3) is 9.03. The van der Waals surface area contributed by atoms with E-state index in [2.05, 4.69) is 5.32 Å². The van der Waals surface area contributed by atoms with Gasteiger partial charge in [-0.2, -0.15) is 0 Å². The van der Waals surface area contributed by atoms with E-state index in [4.69, 9.17) is 11.6 Å². The first-order chi connectivity index (χ1) is 19.5. The van der Waals surface area contributed by atoms with Gasteiger partial charge in [0.15, 0.2) is 0 Å². The predicted molar refractivity (Wildman–Crippen MR) is 162 cm³/mol. The molecule has 7 nitrogen and oxygen atoms in total. The largest absolute Gasteiger partial charge is 0.354 e. The SMILES string of the molecule is CCCNC(=O)[C@@H](Cc1ccccc1)N(Cc1ccccc1F)C(=O)CCCN(c1cccc(Cl)c1C)S(C)(=O)=O. The number of carbonyl (C=O) groups excluding carboxylic acids is 2.